The first-order chi connectivity index (χ1) is 11.6. The molecule has 0 aliphatic carbocycles. The van der Waals surface area contributed by atoms with E-state index in [4.69, 9.17) is 4.74 Å². The van der Waals surface area contributed by atoms with Gasteiger partial charge >= 0.3 is 0 Å². The topological polar surface area (TPSA) is 32.8 Å². The average Bonchev–Trinajstić information content (AvgIpc) is 2.56. The first-order valence-electron chi connectivity index (χ1n) is 8.86. The van der Waals surface area contributed by atoms with E-state index in [0.717, 1.165) is 50.6 Å². The van der Waals surface area contributed by atoms with Crippen molar-refractivity contribution < 1.29 is 9.53 Å². The molecule has 1 unspecified atom stereocenters. The number of morpholine rings is 1. The average molecular weight is 349 g/mol. The van der Waals surface area contributed by atoms with Gasteiger partial charge in [0.05, 0.1) is 19.8 Å². The molecule has 2 heterocycles. The largest absolute Gasteiger partial charge is 0.379 e. The summed E-state index contributed by atoms with van der Waals surface area (Å²) in [6, 6.07) is 10.5. The van der Waals surface area contributed by atoms with Crippen molar-refractivity contribution in [3.8, 4) is 0 Å². The highest BCUT2D eigenvalue weighted by molar-refractivity contribution is 8.00. The molecule has 2 aliphatic rings. The van der Waals surface area contributed by atoms with E-state index in [-0.39, 0.29) is 16.7 Å². The molecule has 1 atom stereocenters. The highest BCUT2D eigenvalue weighted by atomic mass is 32.2. The molecule has 2 aliphatic heterocycles. The van der Waals surface area contributed by atoms with Crippen LogP contribution in [0.2, 0.25) is 0 Å². The van der Waals surface area contributed by atoms with Gasteiger partial charge in [-0.3, -0.25) is 9.69 Å². The zero-order chi connectivity index (χ0) is 17.0. The summed E-state index contributed by atoms with van der Waals surface area (Å²) >= 11 is 2.02. The zero-order valence-electron chi connectivity index (χ0n) is 14.7. The second kappa shape index (κ2) is 7.89. The van der Waals surface area contributed by atoms with Crippen LogP contribution in [0.3, 0.4) is 0 Å². The fraction of sp³-hybridized carbons (Fsp3) is 0.632. The van der Waals surface area contributed by atoms with Crippen molar-refractivity contribution in [1.82, 2.24) is 4.90 Å². The number of carbonyl (C=O) groups is 1. The van der Waals surface area contributed by atoms with Gasteiger partial charge in [0, 0.05) is 29.6 Å². The Kier molecular flexibility index (Phi) is 5.85. The number of benzene rings is 1. The van der Waals surface area contributed by atoms with Crippen LogP contribution in [0.25, 0.3) is 0 Å². The number of thioether (sulfide) groups is 1. The summed E-state index contributed by atoms with van der Waals surface area (Å²) in [6.45, 7) is 8.22. The molecule has 0 bridgehead atoms. The predicted molar refractivity (Wildman–Crippen MR) is 101 cm³/mol. The van der Waals surface area contributed by atoms with Crippen LogP contribution >= 0.6 is 11.8 Å². The van der Waals surface area contributed by atoms with E-state index in [9.17, 15) is 4.79 Å². The third-order valence-corrected chi connectivity index (χ3v) is 6.19. The van der Waals surface area contributed by atoms with E-state index in [1.165, 1.54) is 0 Å². The Balaban J connectivity index is 1.78. The monoisotopic (exact) mass is 348 g/mol. The number of amides is 1. The zero-order valence-corrected chi connectivity index (χ0v) is 15.6. The maximum Gasteiger partial charge on any atom is 0.241 e. The van der Waals surface area contributed by atoms with Crippen molar-refractivity contribution in [2.75, 3.05) is 43.5 Å². The second-order valence-corrected chi connectivity index (χ2v) is 9.04. The van der Waals surface area contributed by atoms with E-state index in [1.54, 1.807) is 0 Å². The van der Waals surface area contributed by atoms with Crippen LogP contribution in [0.15, 0.2) is 30.3 Å². The molecule has 0 saturated carbocycles. The van der Waals surface area contributed by atoms with Gasteiger partial charge in [-0.25, -0.2) is 0 Å². The van der Waals surface area contributed by atoms with Gasteiger partial charge in [0.2, 0.25) is 5.91 Å². The number of rotatable bonds is 4. The Morgan fingerprint density at radius 3 is 2.67 bits per heavy atom. The van der Waals surface area contributed by atoms with Crippen LogP contribution in [0, 0.1) is 0 Å². The van der Waals surface area contributed by atoms with Crippen LogP contribution in [0.1, 0.15) is 26.7 Å². The first-order valence-corrected chi connectivity index (χ1v) is 9.85. The van der Waals surface area contributed by atoms with Crippen LogP contribution < -0.4 is 4.90 Å². The number of para-hydroxylation sites is 1. The van der Waals surface area contributed by atoms with Gasteiger partial charge in [-0.05, 0) is 30.7 Å². The number of hydrogen-bond acceptors (Lipinski definition) is 4. The van der Waals surface area contributed by atoms with Gasteiger partial charge < -0.3 is 9.64 Å². The third-order valence-electron chi connectivity index (χ3n) is 4.80. The van der Waals surface area contributed by atoms with Gasteiger partial charge in [-0.1, -0.05) is 32.0 Å². The van der Waals surface area contributed by atoms with Gasteiger partial charge in [-0.2, -0.15) is 11.8 Å². The third kappa shape index (κ3) is 4.52. The molecule has 24 heavy (non-hydrogen) atoms. The molecule has 1 amide bonds. The summed E-state index contributed by atoms with van der Waals surface area (Å²) in [5.74, 6) is 1.34. The molecule has 2 fully saturated rings. The van der Waals surface area contributed by atoms with Crippen molar-refractivity contribution in [2.24, 2.45) is 0 Å². The van der Waals surface area contributed by atoms with Crippen molar-refractivity contribution in [3.05, 3.63) is 30.3 Å². The number of anilines is 1. The fourth-order valence-electron chi connectivity index (χ4n) is 3.59. The molecule has 0 N–H and O–H groups in total. The standard InChI is InChI=1S/C19H28N2O2S/c1-19(2)14-17(8-13-24-19)21(16-6-4-3-5-7-16)18(22)15-20-9-11-23-12-10-20/h3-7,17H,8-15H2,1-2H3. The quantitative estimate of drug-likeness (QED) is 0.837. The summed E-state index contributed by atoms with van der Waals surface area (Å²) in [7, 11) is 0. The van der Waals surface area contributed by atoms with Crippen LogP contribution in [-0.2, 0) is 9.53 Å². The van der Waals surface area contributed by atoms with Crippen LogP contribution in [0.5, 0.6) is 0 Å². The normalized spacial score (nSPS) is 24.5. The van der Waals surface area contributed by atoms with Crippen molar-refractivity contribution in [2.45, 2.75) is 37.5 Å². The summed E-state index contributed by atoms with van der Waals surface area (Å²) in [6.07, 6.45) is 2.11. The molecule has 1 aromatic carbocycles. The smallest absolute Gasteiger partial charge is 0.241 e. The lowest BCUT2D eigenvalue weighted by atomic mass is 9.97. The van der Waals surface area contributed by atoms with E-state index >= 15 is 0 Å². The number of hydrogen-bond donors (Lipinski definition) is 0. The molecular formula is C19H28N2O2S. The molecule has 3 rings (SSSR count). The number of carbonyl (C=O) groups excluding carboxylic acids is 1. The Bertz CT molecular complexity index is 544. The minimum Gasteiger partial charge on any atom is -0.379 e. The van der Waals surface area contributed by atoms with E-state index in [2.05, 4.69) is 35.8 Å². The van der Waals surface area contributed by atoms with Gasteiger partial charge in [0.1, 0.15) is 0 Å². The van der Waals surface area contributed by atoms with E-state index in [1.807, 2.05) is 30.0 Å². The van der Waals surface area contributed by atoms with Gasteiger partial charge in [0.15, 0.2) is 0 Å². The van der Waals surface area contributed by atoms with Crippen molar-refractivity contribution in [3.63, 3.8) is 0 Å². The SMILES string of the molecule is CC1(C)CC(N(C(=O)CN2CCOCC2)c2ccccc2)CCS1. The molecule has 5 heteroatoms. The number of ether oxygens (including phenoxy) is 1. The maximum absolute atomic E-state index is 13.2. The van der Waals surface area contributed by atoms with Gasteiger partial charge in [-0.15, -0.1) is 0 Å². The molecule has 4 nitrogen and oxygen atoms in total. The van der Waals surface area contributed by atoms with E-state index < -0.39 is 0 Å². The summed E-state index contributed by atoms with van der Waals surface area (Å²) in [5, 5.41) is 0. The first kappa shape index (κ1) is 17.8. The Labute approximate surface area is 149 Å². The molecule has 0 aromatic heterocycles. The molecule has 0 spiro atoms. The van der Waals surface area contributed by atoms with Crippen LogP contribution in [0.4, 0.5) is 5.69 Å². The molecule has 1 aromatic rings. The molecule has 0 radical (unpaired) electrons. The highest BCUT2D eigenvalue weighted by Crippen LogP contribution is 2.38. The Morgan fingerprint density at radius 1 is 1.29 bits per heavy atom. The predicted octanol–water partition coefficient (Wildman–Crippen LogP) is 3.03. The minimum atomic E-state index is 0.218. The minimum absolute atomic E-state index is 0.218. The summed E-state index contributed by atoms with van der Waals surface area (Å²) in [4.78, 5) is 17.4. The Morgan fingerprint density at radius 2 is 2.00 bits per heavy atom. The van der Waals surface area contributed by atoms with E-state index in [0.29, 0.717) is 6.54 Å². The summed E-state index contributed by atoms with van der Waals surface area (Å²) < 4.78 is 5.63. The summed E-state index contributed by atoms with van der Waals surface area (Å²) in [5.41, 5.74) is 1.03. The van der Waals surface area contributed by atoms with Crippen molar-refractivity contribution >= 4 is 23.4 Å². The highest BCUT2D eigenvalue weighted by Gasteiger charge is 2.35. The maximum atomic E-state index is 13.2. The fourth-order valence-corrected chi connectivity index (χ4v) is 4.85. The second-order valence-electron chi connectivity index (χ2n) is 7.24. The lowest BCUT2D eigenvalue weighted by Gasteiger charge is -2.41. The lowest BCUT2D eigenvalue weighted by Crippen LogP contribution is -2.51. The van der Waals surface area contributed by atoms with Gasteiger partial charge in [0.25, 0.3) is 0 Å². The lowest BCUT2D eigenvalue weighted by molar-refractivity contribution is -0.121. The molecular weight excluding hydrogens is 320 g/mol. The Hall–Kier alpha value is -1.04. The number of nitrogens with zero attached hydrogens (tertiary/aromatic N) is 2. The van der Waals surface area contributed by atoms with Crippen molar-refractivity contribution in [1.29, 1.82) is 0 Å². The van der Waals surface area contributed by atoms with Crippen LogP contribution in [-0.4, -0.2) is 60.2 Å². The molecule has 2 saturated heterocycles. The molecule has 132 valence electrons.